The van der Waals surface area contributed by atoms with Crippen LogP contribution in [-0.4, -0.2) is 19.2 Å². The molecule has 2 heteroatoms. The third-order valence-electron chi connectivity index (χ3n) is 4.05. The van der Waals surface area contributed by atoms with E-state index in [1.54, 1.807) is 0 Å². The van der Waals surface area contributed by atoms with Gasteiger partial charge in [0.1, 0.15) is 12.4 Å². The standard InChI is InChI=1S/C15H21NO/c1-2-6-12(5-1)10-16-14-9-13-7-3-4-8-15(13)17-11-14/h3-4,7-8,12,14,16H,1-2,5-6,9-11H2/t14-/m0/s1. The Morgan fingerprint density at radius 3 is 2.88 bits per heavy atom. The second kappa shape index (κ2) is 5.09. The van der Waals surface area contributed by atoms with E-state index in [2.05, 4.69) is 23.5 Å². The van der Waals surface area contributed by atoms with E-state index in [9.17, 15) is 0 Å². The normalized spacial score (nSPS) is 24.4. The van der Waals surface area contributed by atoms with Gasteiger partial charge in [0.25, 0.3) is 0 Å². The van der Waals surface area contributed by atoms with E-state index in [0.29, 0.717) is 6.04 Å². The number of para-hydroxylation sites is 1. The maximum absolute atomic E-state index is 5.79. The molecular formula is C15H21NO. The first-order valence-corrected chi connectivity index (χ1v) is 6.86. The molecule has 3 rings (SSSR count). The molecule has 1 aliphatic carbocycles. The van der Waals surface area contributed by atoms with E-state index < -0.39 is 0 Å². The van der Waals surface area contributed by atoms with Crippen molar-refractivity contribution in [1.82, 2.24) is 5.32 Å². The predicted octanol–water partition coefficient (Wildman–Crippen LogP) is 2.77. The Morgan fingerprint density at radius 2 is 2.00 bits per heavy atom. The highest BCUT2D eigenvalue weighted by Gasteiger charge is 2.21. The number of fused-ring (bicyclic) bond motifs is 1. The minimum atomic E-state index is 0.505. The molecule has 1 heterocycles. The maximum atomic E-state index is 5.79. The summed E-state index contributed by atoms with van der Waals surface area (Å²) in [7, 11) is 0. The van der Waals surface area contributed by atoms with Crippen LogP contribution in [0.25, 0.3) is 0 Å². The minimum Gasteiger partial charge on any atom is -0.492 e. The summed E-state index contributed by atoms with van der Waals surface area (Å²) in [4.78, 5) is 0. The Kier molecular flexibility index (Phi) is 3.32. The molecule has 1 aromatic carbocycles. The van der Waals surface area contributed by atoms with Gasteiger partial charge < -0.3 is 10.1 Å². The molecule has 1 aromatic rings. The largest absolute Gasteiger partial charge is 0.492 e. The van der Waals surface area contributed by atoms with Crippen molar-refractivity contribution in [3.63, 3.8) is 0 Å². The lowest BCUT2D eigenvalue weighted by Crippen LogP contribution is -2.41. The zero-order valence-corrected chi connectivity index (χ0v) is 10.3. The van der Waals surface area contributed by atoms with Crippen LogP contribution in [0.2, 0.25) is 0 Å². The van der Waals surface area contributed by atoms with Crippen LogP contribution in [0.5, 0.6) is 5.75 Å². The highest BCUT2D eigenvalue weighted by molar-refractivity contribution is 5.35. The van der Waals surface area contributed by atoms with Crippen molar-refractivity contribution in [3.05, 3.63) is 29.8 Å². The molecule has 0 unspecified atom stereocenters. The van der Waals surface area contributed by atoms with Crippen molar-refractivity contribution < 1.29 is 4.74 Å². The lowest BCUT2D eigenvalue weighted by molar-refractivity contribution is 0.233. The van der Waals surface area contributed by atoms with Crippen LogP contribution < -0.4 is 10.1 Å². The molecule has 1 atom stereocenters. The Bertz CT molecular complexity index is 371. The van der Waals surface area contributed by atoms with Crippen LogP contribution in [0.1, 0.15) is 31.2 Å². The quantitative estimate of drug-likeness (QED) is 0.863. The van der Waals surface area contributed by atoms with E-state index in [-0.39, 0.29) is 0 Å². The number of hydrogen-bond acceptors (Lipinski definition) is 2. The highest BCUT2D eigenvalue weighted by atomic mass is 16.5. The summed E-state index contributed by atoms with van der Waals surface area (Å²) in [6.07, 6.45) is 6.80. The van der Waals surface area contributed by atoms with Gasteiger partial charge in [-0.25, -0.2) is 0 Å². The summed E-state index contributed by atoms with van der Waals surface area (Å²) in [6, 6.07) is 8.90. The monoisotopic (exact) mass is 231 g/mol. The summed E-state index contributed by atoms with van der Waals surface area (Å²) < 4.78 is 5.79. The third-order valence-corrected chi connectivity index (χ3v) is 4.05. The Balaban J connectivity index is 1.53. The summed E-state index contributed by atoms with van der Waals surface area (Å²) in [6.45, 7) is 2.00. The van der Waals surface area contributed by atoms with E-state index in [1.807, 2.05) is 6.07 Å². The zero-order chi connectivity index (χ0) is 11.5. The average molecular weight is 231 g/mol. The fourth-order valence-corrected chi connectivity index (χ4v) is 3.01. The van der Waals surface area contributed by atoms with Crippen molar-refractivity contribution in [2.45, 2.75) is 38.1 Å². The molecule has 1 saturated carbocycles. The Hall–Kier alpha value is -1.02. The molecule has 1 fully saturated rings. The van der Waals surface area contributed by atoms with Gasteiger partial charge in [-0.2, -0.15) is 0 Å². The van der Waals surface area contributed by atoms with Crippen molar-refractivity contribution in [1.29, 1.82) is 0 Å². The molecule has 2 aliphatic rings. The topological polar surface area (TPSA) is 21.3 Å². The summed E-state index contributed by atoms with van der Waals surface area (Å²) >= 11 is 0. The van der Waals surface area contributed by atoms with Crippen LogP contribution >= 0.6 is 0 Å². The first-order chi connectivity index (χ1) is 8.42. The Morgan fingerprint density at radius 1 is 1.18 bits per heavy atom. The van der Waals surface area contributed by atoms with Gasteiger partial charge in [-0.1, -0.05) is 31.0 Å². The predicted molar refractivity (Wildman–Crippen MR) is 69.4 cm³/mol. The SMILES string of the molecule is c1ccc2c(c1)C[C@H](NCC1CCCC1)CO2. The second-order valence-corrected chi connectivity index (χ2v) is 5.38. The van der Waals surface area contributed by atoms with Crippen molar-refractivity contribution in [3.8, 4) is 5.75 Å². The van der Waals surface area contributed by atoms with Crippen LogP contribution in [-0.2, 0) is 6.42 Å². The average Bonchev–Trinajstić information content (AvgIpc) is 2.89. The van der Waals surface area contributed by atoms with Gasteiger partial charge in [-0.15, -0.1) is 0 Å². The lowest BCUT2D eigenvalue weighted by Gasteiger charge is -2.27. The molecule has 1 aliphatic heterocycles. The fraction of sp³-hybridized carbons (Fsp3) is 0.600. The number of hydrogen-bond donors (Lipinski definition) is 1. The summed E-state index contributed by atoms with van der Waals surface area (Å²) in [5.41, 5.74) is 1.35. The minimum absolute atomic E-state index is 0.505. The molecule has 0 saturated heterocycles. The van der Waals surface area contributed by atoms with E-state index in [0.717, 1.165) is 24.7 Å². The van der Waals surface area contributed by atoms with E-state index in [1.165, 1.54) is 37.8 Å². The van der Waals surface area contributed by atoms with Gasteiger partial charge in [0.2, 0.25) is 0 Å². The van der Waals surface area contributed by atoms with Gasteiger partial charge in [-0.3, -0.25) is 0 Å². The van der Waals surface area contributed by atoms with Crippen LogP contribution in [0.4, 0.5) is 0 Å². The van der Waals surface area contributed by atoms with Crippen LogP contribution in [0.15, 0.2) is 24.3 Å². The Labute approximate surface area is 103 Å². The smallest absolute Gasteiger partial charge is 0.122 e. The van der Waals surface area contributed by atoms with Crippen molar-refractivity contribution in [2.24, 2.45) is 5.92 Å². The summed E-state index contributed by atoms with van der Waals surface area (Å²) in [5, 5.41) is 3.68. The second-order valence-electron chi connectivity index (χ2n) is 5.38. The lowest BCUT2D eigenvalue weighted by atomic mass is 10.0. The maximum Gasteiger partial charge on any atom is 0.122 e. The zero-order valence-electron chi connectivity index (χ0n) is 10.3. The summed E-state index contributed by atoms with van der Waals surface area (Å²) in [5.74, 6) is 1.98. The van der Waals surface area contributed by atoms with Crippen LogP contribution in [0.3, 0.4) is 0 Å². The first-order valence-electron chi connectivity index (χ1n) is 6.86. The highest BCUT2D eigenvalue weighted by Crippen LogP contribution is 2.26. The van der Waals surface area contributed by atoms with Gasteiger partial charge in [0.15, 0.2) is 0 Å². The molecule has 1 N–H and O–H groups in total. The first kappa shape index (κ1) is 11.1. The number of benzene rings is 1. The molecule has 0 bridgehead atoms. The van der Waals surface area contributed by atoms with E-state index >= 15 is 0 Å². The van der Waals surface area contributed by atoms with Crippen molar-refractivity contribution >= 4 is 0 Å². The van der Waals surface area contributed by atoms with Gasteiger partial charge in [0.05, 0.1) is 0 Å². The van der Waals surface area contributed by atoms with Gasteiger partial charge in [-0.05, 0) is 43.4 Å². The number of nitrogens with one attached hydrogen (secondary N) is 1. The molecule has 0 radical (unpaired) electrons. The molecule has 0 amide bonds. The number of rotatable bonds is 3. The molecular weight excluding hydrogens is 210 g/mol. The molecule has 0 spiro atoms. The molecule has 2 nitrogen and oxygen atoms in total. The van der Waals surface area contributed by atoms with Gasteiger partial charge in [0, 0.05) is 6.04 Å². The fourth-order valence-electron chi connectivity index (χ4n) is 3.01. The van der Waals surface area contributed by atoms with Crippen LogP contribution in [0, 0.1) is 5.92 Å². The van der Waals surface area contributed by atoms with Gasteiger partial charge >= 0.3 is 0 Å². The van der Waals surface area contributed by atoms with Crippen molar-refractivity contribution in [2.75, 3.05) is 13.2 Å². The molecule has 17 heavy (non-hydrogen) atoms. The third kappa shape index (κ3) is 2.63. The number of ether oxygens (including phenoxy) is 1. The van der Waals surface area contributed by atoms with E-state index in [4.69, 9.17) is 4.74 Å². The molecule has 92 valence electrons. The molecule has 0 aromatic heterocycles.